The molecule has 17 heavy (non-hydrogen) atoms. The van der Waals surface area contributed by atoms with Crippen LogP contribution in [0.2, 0.25) is 0 Å². The van der Waals surface area contributed by atoms with Gasteiger partial charge in [0, 0.05) is 25.7 Å². The number of hydrogen-bond donors (Lipinski definition) is 1. The molecule has 0 aliphatic heterocycles. The molecule has 2 aromatic rings. The van der Waals surface area contributed by atoms with Gasteiger partial charge in [0.15, 0.2) is 0 Å². The fourth-order valence-corrected chi connectivity index (χ4v) is 1.37. The maximum absolute atomic E-state index is 11.4. The van der Waals surface area contributed by atoms with Crippen molar-refractivity contribution in [3.63, 3.8) is 0 Å². The van der Waals surface area contributed by atoms with Gasteiger partial charge in [0.2, 0.25) is 11.9 Å². The number of hydrogen-bond acceptors (Lipinski definition) is 4. The summed E-state index contributed by atoms with van der Waals surface area (Å²) in [5.74, 6) is 0.459. The second kappa shape index (κ2) is 4.78. The summed E-state index contributed by atoms with van der Waals surface area (Å²) in [6.45, 7) is 0.200. The molecule has 0 unspecified atom stereocenters. The van der Waals surface area contributed by atoms with Crippen molar-refractivity contribution in [2.45, 2.75) is 0 Å². The maximum Gasteiger partial charge on any atom is 0.241 e. The highest BCUT2D eigenvalue weighted by atomic mass is 16.2. The molecule has 0 aliphatic carbocycles. The van der Waals surface area contributed by atoms with Crippen molar-refractivity contribution in [3.05, 3.63) is 30.5 Å². The smallest absolute Gasteiger partial charge is 0.241 e. The third-order valence-corrected chi connectivity index (χ3v) is 2.39. The minimum absolute atomic E-state index is 0.0123. The van der Waals surface area contributed by atoms with E-state index in [0.29, 0.717) is 5.95 Å². The van der Waals surface area contributed by atoms with E-state index < -0.39 is 0 Å². The Bertz CT molecular complexity index is 539. The zero-order chi connectivity index (χ0) is 12.3. The van der Waals surface area contributed by atoms with E-state index in [4.69, 9.17) is 0 Å². The molecule has 5 nitrogen and oxygen atoms in total. The molecule has 1 aromatic carbocycles. The Hall–Kier alpha value is -2.17. The molecule has 1 aromatic heterocycles. The van der Waals surface area contributed by atoms with E-state index in [1.54, 1.807) is 20.3 Å². The summed E-state index contributed by atoms with van der Waals surface area (Å²) in [4.78, 5) is 21.4. The number of nitrogens with one attached hydrogen (secondary N) is 1. The Kier molecular flexibility index (Phi) is 3.18. The topological polar surface area (TPSA) is 58.1 Å². The van der Waals surface area contributed by atoms with E-state index in [0.717, 1.165) is 10.9 Å². The van der Waals surface area contributed by atoms with Crippen LogP contribution in [0.15, 0.2) is 30.5 Å². The van der Waals surface area contributed by atoms with Crippen molar-refractivity contribution >= 4 is 22.8 Å². The van der Waals surface area contributed by atoms with Crippen LogP contribution in [0.3, 0.4) is 0 Å². The Morgan fingerprint density at radius 3 is 2.88 bits per heavy atom. The average Bonchev–Trinajstić information content (AvgIpc) is 2.35. The van der Waals surface area contributed by atoms with Crippen molar-refractivity contribution in [1.29, 1.82) is 0 Å². The molecule has 0 atom stereocenters. The highest BCUT2D eigenvalue weighted by molar-refractivity contribution is 5.81. The lowest BCUT2D eigenvalue weighted by atomic mass is 10.2. The molecule has 1 amide bonds. The van der Waals surface area contributed by atoms with E-state index in [1.165, 1.54) is 4.90 Å². The first-order valence-electron chi connectivity index (χ1n) is 5.32. The molecule has 1 heterocycles. The third-order valence-electron chi connectivity index (χ3n) is 2.39. The fraction of sp³-hybridized carbons (Fsp3) is 0.250. The SMILES string of the molecule is CN(C)C(=O)CNc1ncc2ccccc2n1. The number of amides is 1. The lowest BCUT2D eigenvalue weighted by molar-refractivity contribution is -0.126. The summed E-state index contributed by atoms with van der Waals surface area (Å²) >= 11 is 0. The van der Waals surface area contributed by atoms with Gasteiger partial charge >= 0.3 is 0 Å². The van der Waals surface area contributed by atoms with Crippen LogP contribution in [-0.4, -0.2) is 41.4 Å². The van der Waals surface area contributed by atoms with Gasteiger partial charge in [-0.3, -0.25) is 4.79 Å². The third kappa shape index (κ3) is 2.69. The first-order valence-corrected chi connectivity index (χ1v) is 5.32. The molecule has 0 fully saturated rings. The van der Waals surface area contributed by atoms with Crippen molar-refractivity contribution < 1.29 is 4.79 Å². The van der Waals surface area contributed by atoms with Crippen LogP contribution in [-0.2, 0) is 4.79 Å². The lowest BCUT2D eigenvalue weighted by Crippen LogP contribution is -2.29. The van der Waals surface area contributed by atoms with Gasteiger partial charge in [-0.05, 0) is 6.07 Å². The molecule has 0 saturated heterocycles. The Balaban J connectivity index is 2.12. The van der Waals surface area contributed by atoms with Crippen molar-refractivity contribution in [2.75, 3.05) is 26.0 Å². The summed E-state index contributed by atoms with van der Waals surface area (Å²) in [7, 11) is 3.43. The zero-order valence-corrected chi connectivity index (χ0v) is 9.84. The zero-order valence-electron chi connectivity index (χ0n) is 9.84. The number of anilines is 1. The molecule has 0 saturated carbocycles. The lowest BCUT2D eigenvalue weighted by Gasteiger charge is -2.10. The van der Waals surface area contributed by atoms with Crippen LogP contribution in [0.4, 0.5) is 5.95 Å². The van der Waals surface area contributed by atoms with Crippen LogP contribution >= 0.6 is 0 Å². The molecule has 1 N–H and O–H groups in total. The second-order valence-corrected chi connectivity index (χ2v) is 3.89. The number of fused-ring (bicyclic) bond motifs is 1. The predicted molar refractivity (Wildman–Crippen MR) is 66.7 cm³/mol. The Labute approximate surface area is 99.5 Å². The highest BCUT2D eigenvalue weighted by Crippen LogP contribution is 2.11. The van der Waals surface area contributed by atoms with Crippen LogP contribution in [0.25, 0.3) is 10.9 Å². The van der Waals surface area contributed by atoms with Crippen LogP contribution in [0.5, 0.6) is 0 Å². The monoisotopic (exact) mass is 230 g/mol. The molecule has 2 rings (SSSR count). The highest BCUT2D eigenvalue weighted by Gasteiger charge is 2.04. The summed E-state index contributed by atoms with van der Waals surface area (Å²) < 4.78 is 0. The van der Waals surface area contributed by atoms with Crippen molar-refractivity contribution in [2.24, 2.45) is 0 Å². The normalized spacial score (nSPS) is 10.2. The first-order chi connectivity index (χ1) is 8.16. The summed E-state index contributed by atoms with van der Waals surface area (Å²) in [6, 6.07) is 7.72. The number of carbonyl (C=O) groups is 1. The van der Waals surface area contributed by atoms with Crippen LogP contribution in [0, 0.1) is 0 Å². The minimum Gasteiger partial charge on any atom is -0.347 e. The maximum atomic E-state index is 11.4. The van der Waals surface area contributed by atoms with Crippen LogP contribution in [0.1, 0.15) is 0 Å². The number of benzene rings is 1. The quantitative estimate of drug-likeness (QED) is 0.858. The summed E-state index contributed by atoms with van der Waals surface area (Å²) in [6.07, 6.45) is 1.74. The van der Waals surface area contributed by atoms with Crippen LogP contribution < -0.4 is 5.32 Å². The van der Waals surface area contributed by atoms with E-state index >= 15 is 0 Å². The molecular weight excluding hydrogens is 216 g/mol. The Morgan fingerprint density at radius 2 is 2.12 bits per heavy atom. The number of aromatic nitrogens is 2. The van der Waals surface area contributed by atoms with Gasteiger partial charge in [0.05, 0.1) is 12.1 Å². The van der Waals surface area contributed by atoms with E-state index in [2.05, 4.69) is 15.3 Å². The standard InChI is InChI=1S/C12H14N4O/c1-16(2)11(17)8-14-12-13-7-9-5-3-4-6-10(9)15-12/h3-7H,8H2,1-2H3,(H,13,14,15). The molecule has 5 heteroatoms. The largest absolute Gasteiger partial charge is 0.347 e. The Morgan fingerprint density at radius 1 is 1.35 bits per heavy atom. The van der Waals surface area contributed by atoms with E-state index in [1.807, 2.05) is 24.3 Å². The van der Waals surface area contributed by atoms with E-state index in [9.17, 15) is 4.79 Å². The molecule has 0 bridgehead atoms. The number of carbonyl (C=O) groups excluding carboxylic acids is 1. The number of nitrogens with zero attached hydrogens (tertiary/aromatic N) is 3. The van der Waals surface area contributed by atoms with Gasteiger partial charge in [0.25, 0.3) is 0 Å². The average molecular weight is 230 g/mol. The van der Waals surface area contributed by atoms with E-state index in [-0.39, 0.29) is 12.5 Å². The summed E-state index contributed by atoms with van der Waals surface area (Å²) in [5.41, 5.74) is 0.863. The van der Waals surface area contributed by atoms with Gasteiger partial charge in [-0.1, -0.05) is 18.2 Å². The minimum atomic E-state index is -0.0123. The predicted octanol–water partition coefficient (Wildman–Crippen LogP) is 1.13. The van der Waals surface area contributed by atoms with Gasteiger partial charge < -0.3 is 10.2 Å². The molecular formula is C12H14N4O. The second-order valence-electron chi connectivity index (χ2n) is 3.89. The van der Waals surface area contributed by atoms with Gasteiger partial charge in [-0.25, -0.2) is 9.97 Å². The van der Waals surface area contributed by atoms with Gasteiger partial charge in [-0.15, -0.1) is 0 Å². The molecule has 0 aliphatic rings. The van der Waals surface area contributed by atoms with Crippen molar-refractivity contribution in [1.82, 2.24) is 14.9 Å². The fourth-order valence-electron chi connectivity index (χ4n) is 1.37. The molecule has 0 spiro atoms. The van der Waals surface area contributed by atoms with Gasteiger partial charge in [-0.2, -0.15) is 0 Å². The number of likely N-dealkylation sites (N-methyl/N-ethyl adjacent to an activating group) is 1. The number of para-hydroxylation sites is 1. The molecule has 88 valence electrons. The van der Waals surface area contributed by atoms with Crippen molar-refractivity contribution in [3.8, 4) is 0 Å². The first kappa shape index (κ1) is 11.3. The molecule has 0 radical (unpaired) electrons. The number of rotatable bonds is 3. The van der Waals surface area contributed by atoms with Gasteiger partial charge in [0.1, 0.15) is 0 Å². The summed E-state index contributed by atoms with van der Waals surface area (Å²) in [5, 5.41) is 3.89.